The topological polar surface area (TPSA) is 46.2 Å². The van der Waals surface area contributed by atoms with Gasteiger partial charge in [0.05, 0.1) is 6.26 Å². The molecule has 0 aromatic rings. The Bertz CT molecular complexity index is 235. The van der Waals surface area contributed by atoms with E-state index in [1.165, 1.54) is 6.26 Å². The second kappa shape index (κ2) is 2.75. The zero-order chi connectivity index (χ0) is 8.65. The van der Waals surface area contributed by atoms with Crippen LogP contribution in [-0.4, -0.2) is 20.7 Å². The Hall–Kier alpha value is -0.0900. The molecule has 0 aromatic heterocycles. The number of sulfonamides is 1. The van der Waals surface area contributed by atoms with Crippen LogP contribution in [0.1, 0.15) is 20.3 Å². The summed E-state index contributed by atoms with van der Waals surface area (Å²) in [6.07, 6.45) is 2.19. The maximum Gasteiger partial charge on any atom is 0.208 e. The Morgan fingerprint density at radius 2 is 1.91 bits per heavy atom. The Labute approximate surface area is 68.2 Å². The maximum absolute atomic E-state index is 10.8. The normalized spacial score (nSPS) is 38.3. The van der Waals surface area contributed by atoms with Crippen molar-refractivity contribution in [3.05, 3.63) is 0 Å². The summed E-state index contributed by atoms with van der Waals surface area (Å²) in [6, 6.07) is 0.181. The van der Waals surface area contributed by atoms with E-state index >= 15 is 0 Å². The molecular weight excluding hydrogens is 162 g/mol. The van der Waals surface area contributed by atoms with Crippen LogP contribution in [0.3, 0.4) is 0 Å². The van der Waals surface area contributed by atoms with Gasteiger partial charge in [-0.05, 0) is 18.3 Å². The molecule has 3 atom stereocenters. The third-order valence-corrected chi connectivity index (χ3v) is 3.25. The molecule has 1 rings (SSSR count). The van der Waals surface area contributed by atoms with E-state index in [0.717, 1.165) is 6.42 Å². The van der Waals surface area contributed by atoms with Crippen LogP contribution in [0.4, 0.5) is 0 Å². The summed E-state index contributed by atoms with van der Waals surface area (Å²) in [6.45, 7) is 4.22. The molecule has 0 radical (unpaired) electrons. The Kier molecular flexibility index (Phi) is 2.25. The van der Waals surface area contributed by atoms with Crippen molar-refractivity contribution in [2.75, 3.05) is 6.26 Å². The van der Waals surface area contributed by atoms with Gasteiger partial charge in [-0.1, -0.05) is 13.8 Å². The molecule has 4 heteroatoms. The second-order valence-electron chi connectivity index (χ2n) is 3.57. The van der Waals surface area contributed by atoms with Crippen LogP contribution in [0, 0.1) is 11.8 Å². The van der Waals surface area contributed by atoms with Crippen LogP contribution < -0.4 is 4.72 Å². The standard InChI is InChI=1S/C7H15NO2S/c1-5-4-7(6(5)2)8-11(3,9)10/h5-8H,4H2,1-3H3. The van der Waals surface area contributed by atoms with Crippen LogP contribution >= 0.6 is 0 Å². The average Bonchev–Trinajstić information content (AvgIpc) is 1.84. The van der Waals surface area contributed by atoms with Gasteiger partial charge in [-0.25, -0.2) is 13.1 Å². The zero-order valence-electron chi connectivity index (χ0n) is 7.16. The van der Waals surface area contributed by atoms with E-state index in [0.29, 0.717) is 11.8 Å². The molecule has 0 spiro atoms. The largest absolute Gasteiger partial charge is 0.213 e. The highest BCUT2D eigenvalue weighted by molar-refractivity contribution is 7.88. The van der Waals surface area contributed by atoms with E-state index in [2.05, 4.69) is 18.6 Å². The lowest BCUT2D eigenvalue weighted by atomic mass is 9.72. The molecule has 0 bridgehead atoms. The van der Waals surface area contributed by atoms with E-state index in [1.807, 2.05) is 0 Å². The van der Waals surface area contributed by atoms with Gasteiger partial charge in [0, 0.05) is 6.04 Å². The number of hydrogen-bond acceptors (Lipinski definition) is 2. The van der Waals surface area contributed by atoms with Gasteiger partial charge in [-0.3, -0.25) is 0 Å². The number of nitrogens with one attached hydrogen (secondary N) is 1. The molecule has 0 aliphatic heterocycles. The Morgan fingerprint density at radius 1 is 1.36 bits per heavy atom. The second-order valence-corrected chi connectivity index (χ2v) is 5.35. The molecule has 0 saturated heterocycles. The quantitative estimate of drug-likeness (QED) is 0.670. The van der Waals surface area contributed by atoms with E-state index in [4.69, 9.17) is 0 Å². The molecule has 0 heterocycles. The molecular formula is C7H15NO2S. The van der Waals surface area contributed by atoms with Gasteiger partial charge in [0.15, 0.2) is 0 Å². The molecule has 11 heavy (non-hydrogen) atoms. The molecule has 1 saturated carbocycles. The van der Waals surface area contributed by atoms with Gasteiger partial charge < -0.3 is 0 Å². The first-order valence-electron chi connectivity index (χ1n) is 3.87. The van der Waals surface area contributed by atoms with Crippen LogP contribution in [-0.2, 0) is 10.0 Å². The summed E-state index contributed by atoms with van der Waals surface area (Å²) in [5.74, 6) is 1.15. The molecule has 0 aromatic carbocycles. The minimum atomic E-state index is -2.99. The summed E-state index contributed by atoms with van der Waals surface area (Å²) in [5.41, 5.74) is 0. The lowest BCUT2D eigenvalue weighted by Gasteiger charge is -2.40. The molecule has 1 aliphatic carbocycles. The number of rotatable bonds is 2. The molecule has 1 N–H and O–H groups in total. The summed E-state index contributed by atoms with van der Waals surface area (Å²) < 4.78 is 24.2. The smallest absolute Gasteiger partial charge is 0.208 e. The van der Waals surface area contributed by atoms with Crippen LogP contribution in [0.5, 0.6) is 0 Å². The van der Waals surface area contributed by atoms with Gasteiger partial charge >= 0.3 is 0 Å². The van der Waals surface area contributed by atoms with E-state index in [-0.39, 0.29) is 6.04 Å². The highest BCUT2D eigenvalue weighted by Gasteiger charge is 2.35. The van der Waals surface area contributed by atoms with Crippen molar-refractivity contribution in [2.24, 2.45) is 11.8 Å². The lowest BCUT2D eigenvalue weighted by Crippen LogP contribution is -2.49. The molecule has 0 amide bonds. The third-order valence-electron chi connectivity index (χ3n) is 2.52. The van der Waals surface area contributed by atoms with E-state index in [1.54, 1.807) is 0 Å². The molecule has 66 valence electrons. The van der Waals surface area contributed by atoms with E-state index in [9.17, 15) is 8.42 Å². The third kappa shape index (κ3) is 2.17. The van der Waals surface area contributed by atoms with Crippen LogP contribution in [0.25, 0.3) is 0 Å². The van der Waals surface area contributed by atoms with Gasteiger partial charge in [0.25, 0.3) is 0 Å². The highest BCUT2D eigenvalue weighted by Crippen LogP contribution is 2.33. The van der Waals surface area contributed by atoms with Crippen molar-refractivity contribution in [1.29, 1.82) is 0 Å². The first-order valence-corrected chi connectivity index (χ1v) is 5.76. The molecule has 3 unspecified atom stereocenters. The first kappa shape index (κ1) is 9.00. The van der Waals surface area contributed by atoms with Crippen molar-refractivity contribution >= 4 is 10.0 Å². The Morgan fingerprint density at radius 3 is 2.18 bits per heavy atom. The minimum Gasteiger partial charge on any atom is -0.213 e. The van der Waals surface area contributed by atoms with Gasteiger partial charge in [0.1, 0.15) is 0 Å². The van der Waals surface area contributed by atoms with E-state index < -0.39 is 10.0 Å². The highest BCUT2D eigenvalue weighted by atomic mass is 32.2. The predicted molar refractivity (Wildman–Crippen MR) is 44.7 cm³/mol. The summed E-state index contributed by atoms with van der Waals surface area (Å²) in [4.78, 5) is 0. The average molecular weight is 177 g/mol. The van der Waals surface area contributed by atoms with Gasteiger partial charge in [-0.2, -0.15) is 0 Å². The maximum atomic E-state index is 10.8. The minimum absolute atomic E-state index is 0.181. The molecule has 1 fully saturated rings. The monoisotopic (exact) mass is 177 g/mol. The summed E-state index contributed by atoms with van der Waals surface area (Å²) in [5, 5.41) is 0. The lowest BCUT2D eigenvalue weighted by molar-refractivity contribution is 0.158. The molecule has 1 aliphatic rings. The van der Waals surface area contributed by atoms with Gasteiger partial charge in [-0.15, -0.1) is 0 Å². The van der Waals surface area contributed by atoms with Crippen molar-refractivity contribution in [3.63, 3.8) is 0 Å². The van der Waals surface area contributed by atoms with Crippen molar-refractivity contribution in [2.45, 2.75) is 26.3 Å². The fourth-order valence-electron chi connectivity index (χ4n) is 1.46. The number of hydrogen-bond donors (Lipinski definition) is 1. The zero-order valence-corrected chi connectivity index (χ0v) is 7.98. The van der Waals surface area contributed by atoms with Crippen molar-refractivity contribution in [1.82, 2.24) is 4.72 Å². The van der Waals surface area contributed by atoms with Crippen molar-refractivity contribution < 1.29 is 8.42 Å². The first-order chi connectivity index (χ1) is 4.90. The Balaban J connectivity index is 2.43. The summed E-state index contributed by atoms with van der Waals surface area (Å²) in [7, 11) is -2.99. The summed E-state index contributed by atoms with van der Waals surface area (Å²) >= 11 is 0. The van der Waals surface area contributed by atoms with Crippen LogP contribution in [0.2, 0.25) is 0 Å². The van der Waals surface area contributed by atoms with Gasteiger partial charge in [0.2, 0.25) is 10.0 Å². The van der Waals surface area contributed by atoms with Crippen molar-refractivity contribution in [3.8, 4) is 0 Å². The SMILES string of the molecule is CC1CC(NS(C)(=O)=O)C1C. The fraction of sp³-hybridized carbons (Fsp3) is 1.00. The van der Waals surface area contributed by atoms with Crippen LogP contribution in [0.15, 0.2) is 0 Å². The predicted octanol–water partition coefficient (Wildman–Crippen LogP) is 0.580. The fourth-order valence-corrected chi connectivity index (χ4v) is 2.32. The molecule has 3 nitrogen and oxygen atoms in total.